The summed E-state index contributed by atoms with van der Waals surface area (Å²) in [5.41, 5.74) is 0.314. The van der Waals surface area contributed by atoms with Crippen LogP contribution in [0.1, 0.15) is 20.3 Å². The van der Waals surface area contributed by atoms with Crippen LogP contribution in [0.3, 0.4) is 0 Å². The molecule has 0 radical (unpaired) electrons. The molecule has 0 bridgehead atoms. The van der Waals surface area contributed by atoms with Crippen LogP contribution in [-0.4, -0.2) is 76.1 Å². The van der Waals surface area contributed by atoms with Gasteiger partial charge in [-0.2, -0.15) is 0 Å². The van der Waals surface area contributed by atoms with E-state index in [2.05, 4.69) is 6.58 Å². The summed E-state index contributed by atoms with van der Waals surface area (Å²) in [4.78, 5) is 12.1. The van der Waals surface area contributed by atoms with Gasteiger partial charge in [-0.1, -0.05) is 13.5 Å². The Labute approximate surface area is 193 Å². The fourth-order valence-electron chi connectivity index (χ4n) is 1.87. The highest BCUT2D eigenvalue weighted by Crippen LogP contribution is 2.27. The molecule has 1 unspecified atom stereocenters. The standard InChI is InChI=1S/C13H32O5Si4.C6H14O3/c1-12(2)13(14)15-22(16-19(3,4)5,17-20(6,7)8)18-21(9,10)11;1-2-3-9-5-6(8)4-7/h1H2,2-11H3;6-8H,2-5H2,1H3. The Bertz CT molecular complexity index is 498. The SMILES string of the molecule is C=C(C)C(=O)O[Si](O[Si](C)(C)C)(O[Si](C)(C)C)O[Si](C)(C)C.CCCOCC(O)CO. The molecular formula is C19H46O8Si4. The molecule has 8 nitrogen and oxygen atoms in total. The summed E-state index contributed by atoms with van der Waals surface area (Å²) in [6.07, 6.45) is 0.231. The summed E-state index contributed by atoms with van der Waals surface area (Å²) in [5, 5.41) is 17.0. The minimum absolute atomic E-state index is 0.219. The molecule has 12 heteroatoms. The van der Waals surface area contributed by atoms with Crippen molar-refractivity contribution in [3.8, 4) is 0 Å². The largest absolute Gasteiger partial charge is 0.719 e. The molecule has 0 aromatic heterocycles. The molecule has 0 aliphatic heterocycles. The molecule has 0 spiro atoms. The Kier molecular flexibility index (Phi) is 15.1. The van der Waals surface area contributed by atoms with Crippen molar-refractivity contribution in [2.75, 3.05) is 19.8 Å². The lowest BCUT2D eigenvalue weighted by atomic mass is 10.4. The van der Waals surface area contributed by atoms with E-state index in [4.69, 9.17) is 31.7 Å². The number of aliphatic hydroxyl groups excluding tert-OH is 2. The summed E-state index contributed by atoms with van der Waals surface area (Å²) >= 11 is 0. The molecule has 1 atom stereocenters. The second-order valence-electron chi connectivity index (χ2n) is 10.2. The molecule has 0 amide bonds. The summed E-state index contributed by atoms with van der Waals surface area (Å²) < 4.78 is 29.2. The molecular weight excluding hydrogens is 469 g/mol. The molecule has 0 rings (SSSR count). The number of aliphatic hydroxyl groups is 2. The minimum atomic E-state index is -3.55. The third-order valence-corrected chi connectivity index (χ3v) is 13.5. The highest BCUT2D eigenvalue weighted by Gasteiger charge is 2.57. The van der Waals surface area contributed by atoms with Crippen molar-refractivity contribution in [2.24, 2.45) is 0 Å². The first-order chi connectivity index (χ1) is 13.8. The van der Waals surface area contributed by atoms with Gasteiger partial charge in [-0.15, -0.1) is 0 Å². The summed E-state index contributed by atoms with van der Waals surface area (Å²) in [6, 6.07) is 0. The van der Waals surface area contributed by atoms with E-state index < -0.39 is 46.1 Å². The van der Waals surface area contributed by atoms with Crippen LogP contribution in [0.15, 0.2) is 12.2 Å². The number of ether oxygens (including phenoxy) is 1. The van der Waals surface area contributed by atoms with Crippen molar-refractivity contribution in [3.63, 3.8) is 0 Å². The highest BCUT2D eigenvalue weighted by atomic mass is 28.5. The van der Waals surface area contributed by atoms with Crippen molar-refractivity contribution in [3.05, 3.63) is 12.2 Å². The molecule has 0 aliphatic carbocycles. The van der Waals surface area contributed by atoms with Crippen LogP contribution < -0.4 is 0 Å². The van der Waals surface area contributed by atoms with Crippen LogP contribution in [0.4, 0.5) is 0 Å². The molecule has 0 aromatic carbocycles. The van der Waals surface area contributed by atoms with Crippen LogP contribution in [-0.2, 0) is 26.3 Å². The van der Waals surface area contributed by atoms with Crippen molar-refractivity contribution in [1.82, 2.24) is 0 Å². The van der Waals surface area contributed by atoms with E-state index in [-0.39, 0.29) is 13.2 Å². The Morgan fingerprint density at radius 3 is 1.55 bits per heavy atom. The van der Waals surface area contributed by atoms with Gasteiger partial charge in [0.15, 0.2) is 25.0 Å². The zero-order valence-electron chi connectivity index (χ0n) is 21.5. The second kappa shape index (κ2) is 14.2. The zero-order valence-corrected chi connectivity index (χ0v) is 25.5. The predicted molar refractivity (Wildman–Crippen MR) is 134 cm³/mol. The molecule has 186 valence electrons. The monoisotopic (exact) mass is 514 g/mol. The maximum absolute atomic E-state index is 12.1. The summed E-state index contributed by atoms with van der Waals surface area (Å²) in [5.74, 6) is -0.513. The third-order valence-electron chi connectivity index (χ3n) is 2.73. The molecule has 0 heterocycles. The van der Waals surface area contributed by atoms with Gasteiger partial charge in [-0.3, -0.25) is 0 Å². The van der Waals surface area contributed by atoms with Gasteiger partial charge in [0.25, 0.3) is 0 Å². The zero-order chi connectivity index (χ0) is 25.1. The minimum Gasteiger partial charge on any atom is -0.450 e. The molecule has 0 aliphatic rings. The van der Waals surface area contributed by atoms with Crippen LogP contribution >= 0.6 is 0 Å². The Hall–Kier alpha value is -0.162. The fraction of sp³-hybridized carbons (Fsp3) is 0.842. The second-order valence-corrected chi connectivity index (χ2v) is 26.6. The van der Waals surface area contributed by atoms with E-state index in [0.717, 1.165) is 6.42 Å². The normalized spacial score (nSPS) is 13.8. The van der Waals surface area contributed by atoms with Gasteiger partial charge >= 0.3 is 15.0 Å². The molecule has 0 aromatic rings. The molecule has 0 saturated carbocycles. The van der Waals surface area contributed by atoms with E-state index in [0.29, 0.717) is 12.2 Å². The van der Waals surface area contributed by atoms with Gasteiger partial charge in [0.1, 0.15) is 6.10 Å². The first kappa shape index (κ1) is 33.0. The Morgan fingerprint density at radius 1 is 0.903 bits per heavy atom. The smallest absolute Gasteiger partial charge is 0.450 e. The molecule has 0 fully saturated rings. The first-order valence-electron chi connectivity index (χ1n) is 10.6. The quantitative estimate of drug-likeness (QED) is 0.217. The number of carbonyl (C=O) groups excluding carboxylic acids is 1. The van der Waals surface area contributed by atoms with Crippen molar-refractivity contribution >= 4 is 40.0 Å². The van der Waals surface area contributed by atoms with Crippen molar-refractivity contribution in [2.45, 2.75) is 85.3 Å². The number of hydrogen-bond acceptors (Lipinski definition) is 8. The van der Waals surface area contributed by atoms with Gasteiger partial charge < -0.3 is 31.7 Å². The van der Waals surface area contributed by atoms with Gasteiger partial charge in [0.05, 0.1) is 13.2 Å². The van der Waals surface area contributed by atoms with Crippen LogP contribution in [0.25, 0.3) is 0 Å². The van der Waals surface area contributed by atoms with E-state index >= 15 is 0 Å². The fourth-order valence-corrected chi connectivity index (χ4v) is 13.4. The van der Waals surface area contributed by atoms with Gasteiger partial charge in [-0.05, 0) is 72.3 Å². The predicted octanol–water partition coefficient (Wildman–Crippen LogP) is 3.86. The van der Waals surface area contributed by atoms with Crippen molar-refractivity contribution < 1.29 is 36.5 Å². The number of rotatable bonds is 13. The van der Waals surface area contributed by atoms with Crippen LogP contribution in [0.2, 0.25) is 58.9 Å². The van der Waals surface area contributed by atoms with E-state index in [9.17, 15) is 4.79 Å². The Morgan fingerprint density at radius 2 is 1.29 bits per heavy atom. The maximum Gasteiger partial charge on any atom is 0.719 e. The molecule has 0 saturated heterocycles. The topological polar surface area (TPSA) is 104 Å². The molecule has 31 heavy (non-hydrogen) atoms. The lowest BCUT2D eigenvalue weighted by Gasteiger charge is -2.39. The van der Waals surface area contributed by atoms with Gasteiger partial charge in [-0.25, -0.2) is 4.79 Å². The first-order valence-corrected chi connectivity index (χ1v) is 22.5. The maximum atomic E-state index is 12.1. The average Bonchev–Trinajstić information content (AvgIpc) is 2.49. The van der Waals surface area contributed by atoms with Crippen LogP contribution in [0.5, 0.6) is 0 Å². The summed E-state index contributed by atoms with van der Waals surface area (Å²) in [7, 11) is -9.69. The van der Waals surface area contributed by atoms with Gasteiger partial charge in [0.2, 0.25) is 0 Å². The van der Waals surface area contributed by atoms with E-state index in [1.807, 2.05) is 65.8 Å². The van der Waals surface area contributed by atoms with E-state index in [1.54, 1.807) is 6.92 Å². The Balaban J connectivity index is 0. The lowest BCUT2D eigenvalue weighted by Crippen LogP contribution is -2.63. The van der Waals surface area contributed by atoms with Crippen LogP contribution in [0, 0.1) is 0 Å². The van der Waals surface area contributed by atoms with Crippen molar-refractivity contribution in [1.29, 1.82) is 0 Å². The number of carbonyl (C=O) groups is 1. The third kappa shape index (κ3) is 20.2. The highest BCUT2D eigenvalue weighted by molar-refractivity contribution is 6.88. The van der Waals surface area contributed by atoms with Gasteiger partial charge in [0, 0.05) is 12.2 Å². The number of hydrogen-bond donors (Lipinski definition) is 2. The summed E-state index contributed by atoms with van der Waals surface area (Å²) in [6.45, 7) is 26.2. The average molecular weight is 515 g/mol. The molecule has 2 N–H and O–H groups in total. The lowest BCUT2D eigenvalue weighted by molar-refractivity contribution is -0.135. The van der Waals surface area contributed by atoms with E-state index in [1.165, 1.54) is 0 Å².